The highest BCUT2D eigenvalue weighted by atomic mass is 16.5. The van der Waals surface area contributed by atoms with Gasteiger partial charge in [0.15, 0.2) is 11.5 Å². The van der Waals surface area contributed by atoms with Gasteiger partial charge in [-0.1, -0.05) is 37.3 Å². The summed E-state index contributed by atoms with van der Waals surface area (Å²) in [7, 11) is 1.65. The number of fused-ring (bicyclic) bond motifs is 1. The molecule has 1 heterocycles. The minimum Gasteiger partial charge on any atom is -0.493 e. The first-order chi connectivity index (χ1) is 15.1. The van der Waals surface area contributed by atoms with Crippen molar-refractivity contribution in [3.8, 4) is 11.5 Å². The fraction of sp³-hybridized carbons (Fsp3) is 0.360. The van der Waals surface area contributed by atoms with Gasteiger partial charge in [-0.3, -0.25) is 4.79 Å². The number of aryl methyl sites for hydroxylation is 1. The quantitative estimate of drug-likeness (QED) is 0.461. The maximum Gasteiger partial charge on any atom is 0.220 e. The standard InChI is InChI=1S/C25H31N3O3/c1-5-10-19-13-14-22(23(17-19)30-4)31-16-9-15-28-21-12-8-7-11-20(21)27-25(28)18(3)26-24(29)6-2/h5,7-8,10-14,17-18H,6,9,15-16H2,1-4H3,(H,26,29)/b10-5+. The van der Waals surface area contributed by atoms with Crippen LogP contribution in [0.2, 0.25) is 0 Å². The fourth-order valence-electron chi connectivity index (χ4n) is 3.57. The van der Waals surface area contributed by atoms with Crippen molar-refractivity contribution in [1.82, 2.24) is 14.9 Å². The number of hydrogen-bond donors (Lipinski definition) is 1. The summed E-state index contributed by atoms with van der Waals surface area (Å²) in [6.45, 7) is 7.09. The van der Waals surface area contributed by atoms with Crippen LogP contribution in [0.1, 0.15) is 51.0 Å². The molecule has 0 aliphatic rings. The summed E-state index contributed by atoms with van der Waals surface area (Å²) in [4.78, 5) is 16.7. The maximum atomic E-state index is 11.9. The second-order valence-electron chi connectivity index (χ2n) is 7.37. The Morgan fingerprint density at radius 3 is 2.77 bits per heavy atom. The Hall–Kier alpha value is -3.28. The number of carbonyl (C=O) groups is 1. The molecule has 2 aromatic carbocycles. The van der Waals surface area contributed by atoms with E-state index in [1.165, 1.54) is 0 Å². The summed E-state index contributed by atoms with van der Waals surface area (Å²) in [5, 5.41) is 3.02. The van der Waals surface area contributed by atoms with Crippen molar-refractivity contribution in [1.29, 1.82) is 0 Å². The Bertz CT molecular complexity index is 1060. The topological polar surface area (TPSA) is 65.4 Å². The molecule has 164 valence electrons. The van der Waals surface area contributed by atoms with Gasteiger partial charge >= 0.3 is 0 Å². The molecular formula is C25H31N3O3. The van der Waals surface area contributed by atoms with Gasteiger partial charge in [0.1, 0.15) is 5.82 Å². The van der Waals surface area contributed by atoms with E-state index in [1.54, 1.807) is 7.11 Å². The Kier molecular flexibility index (Phi) is 7.70. The van der Waals surface area contributed by atoms with Crippen LogP contribution in [0.5, 0.6) is 11.5 Å². The Morgan fingerprint density at radius 2 is 2.03 bits per heavy atom. The molecule has 6 heteroatoms. The van der Waals surface area contributed by atoms with Gasteiger partial charge in [-0.2, -0.15) is 0 Å². The van der Waals surface area contributed by atoms with E-state index in [0.29, 0.717) is 13.0 Å². The number of ether oxygens (including phenoxy) is 2. The molecule has 0 aliphatic heterocycles. The molecule has 0 fully saturated rings. The van der Waals surface area contributed by atoms with Gasteiger partial charge < -0.3 is 19.4 Å². The monoisotopic (exact) mass is 421 g/mol. The van der Waals surface area contributed by atoms with Crippen molar-refractivity contribution < 1.29 is 14.3 Å². The van der Waals surface area contributed by atoms with Crippen LogP contribution < -0.4 is 14.8 Å². The molecule has 1 unspecified atom stereocenters. The molecule has 0 saturated carbocycles. The Labute approximate surface area is 183 Å². The average Bonchev–Trinajstić information content (AvgIpc) is 3.16. The lowest BCUT2D eigenvalue weighted by Crippen LogP contribution is -2.28. The molecule has 1 amide bonds. The third kappa shape index (κ3) is 5.45. The van der Waals surface area contributed by atoms with Crippen molar-refractivity contribution in [2.24, 2.45) is 0 Å². The van der Waals surface area contributed by atoms with Gasteiger partial charge in [-0.25, -0.2) is 4.98 Å². The van der Waals surface area contributed by atoms with E-state index in [-0.39, 0.29) is 11.9 Å². The van der Waals surface area contributed by atoms with Crippen molar-refractivity contribution >= 4 is 23.0 Å². The van der Waals surface area contributed by atoms with E-state index in [1.807, 2.05) is 69.3 Å². The number of allylic oxidation sites excluding steroid dienone is 1. The molecule has 1 aromatic heterocycles. The number of rotatable bonds is 10. The van der Waals surface area contributed by atoms with Gasteiger partial charge in [0.25, 0.3) is 0 Å². The summed E-state index contributed by atoms with van der Waals surface area (Å²) in [6.07, 6.45) is 5.26. The van der Waals surface area contributed by atoms with Crippen molar-refractivity contribution in [3.05, 3.63) is 59.9 Å². The highest BCUT2D eigenvalue weighted by Gasteiger charge is 2.17. The van der Waals surface area contributed by atoms with E-state index in [2.05, 4.69) is 16.0 Å². The molecule has 1 atom stereocenters. The van der Waals surface area contributed by atoms with Crippen molar-refractivity contribution in [2.45, 2.75) is 46.2 Å². The molecule has 31 heavy (non-hydrogen) atoms. The average molecular weight is 422 g/mol. The summed E-state index contributed by atoms with van der Waals surface area (Å²) in [5.41, 5.74) is 3.06. The van der Waals surface area contributed by atoms with Gasteiger partial charge in [-0.05, 0) is 50.1 Å². The van der Waals surface area contributed by atoms with E-state index >= 15 is 0 Å². The summed E-state index contributed by atoms with van der Waals surface area (Å²) in [6, 6.07) is 13.8. The maximum absolute atomic E-state index is 11.9. The number of hydrogen-bond acceptors (Lipinski definition) is 4. The molecule has 3 rings (SSSR count). The first-order valence-corrected chi connectivity index (χ1v) is 10.8. The van der Waals surface area contributed by atoms with Crippen LogP contribution in [0.15, 0.2) is 48.5 Å². The minimum absolute atomic E-state index is 0.0166. The number of amides is 1. The van der Waals surface area contributed by atoms with Crippen LogP contribution in [0, 0.1) is 0 Å². The van der Waals surface area contributed by atoms with E-state index in [9.17, 15) is 4.79 Å². The van der Waals surface area contributed by atoms with Crippen LogP contribution in [0.4, 0.5) is 0 Å². The van der Waals surface area contributed by atoms with E-state index in [0.717, 1.165) is 46.9 Å². The molecule has 0 radical (unpaired) electrons. The van der Waals surface area contributed by atoms with Crippen molar-refractivity contribution in [2.75, 3.05) is 13.7 Å². The third-order valence-corrected chi connectivity index (χ3v) is 5.10. The van der Waals surface area contributed by atoms with Crippen LogP contribution >= 0.6 is 0 Å². The summed E-state index contributed by atoms with van der Waals surface area (Å²) in [5.74, 6) is 2.33. The zero-order valence-corrected chi connectivity index (χ0v) is 18.7. The largest absolute Gasteiger partial charge is 0.493 e. The Balaban J connectivity index is 1.71. The lowest BCUT2D eigenvalue weighted by Gasteiger charge is -2.16. The molecule has 3 aromatic rings. The molecule has 0 saturated heterocycles. The number of carbonyl (C=O) groups excluding carboxylic acids is 1. The molecule has 6 nitrogen and oxygen atoms in total. The highest BCUT2D eigenvalue weighted by molar-refractivity contribution is 5.77. The van der Waals surface area contributed by atoms with Crippen LogP contribution in [-0.4, -0.2) is 29.2 Å². The molecule has 0 aliphatic carbocycles. The van der Waals surface area contributed by atoms with Crippen molar-refractivity contribution in [3.63, 3.8) is 0 Å². The first kappa shape index (κ1) is 22.4. The van der Waals surface area contributed by atoms with Crippen LogP contribution in [0.3, 0.4) is 0 Å². The number of para-hydroxylation sites is 2. The van der Waals surface area contributed by atoms with Gasteiger partial charge in [0.2, 0.25) is 5.91 Å². The number of aromatic nitrogens is 2. The summed E-state index contributed by atoms with van der Waals surface area (Å²) >= 11 is 0. The van der Waals surface area contributed by atoms with Crippen LogP contribution in [-0.2, 0) is 11.3 Å². The van der Waals surface area contributed by atoms with Gasteiger partial charge in [0.05, 0.1) is 30.8 Å². The second-order valence-corrected chi connectivity index (χ2v) is 7.37. The Morgan fingerprint density at radius 1 is 1.23 bits per heavy atom. The normalized spacial score (nSPS) is 12.3. The SMILES string of the molecule is C/C=C/c1ccc(OCCCn2c(C(C)NC(=O)CC)nc3ccccc32)c(OC)c1. The zero-order chi connectivity index (χ0) is 22.2. The summed E-state index contributed by atoms with van der Waals surface area (Å²) < 4.78 is 13.7. The number of benzene rings is 2. The zero-order valence-electron chi connectivity index (χ0n) is 18.7. The predicted octanol–water partition coefficient (Wildman–Crippen LogP) is 5.13. The number of imidazole rings is 1. The van der Waals surface area contributed by atoms with Gasteiger partial charge in [-0.15, -0.1) is 0 Å². The van der Waals surface area contributed by atoms with E-state index in [4.69, 9.17) is 14.5 Å². The lowest BCUT2D eigenvalue weighted by molar-refractivity contribution is -0.121. The molecule has 0 bridgehead atoms. The molecule has 1 N–H and O–H groups in total. The molecule has 0 spiro atoms. The van der Waals surface area contributed by atoms with Gasteiger partial charge in [0, 0.05) is 13.0 Å². The van der Waals surface area contributed by atoms with E-state index < -0.39 is 0 Å². The number of methoxy groups -OCH3 is 1. The fourth-order valence-corrected chi connectivity index (χ4v) is 3.57. The second kappa shape index (κ2) is 10.7. The predicted molar refractivity (Wildman–Crippen MR) is 124 cm³/mol. The van der Waals surface area contributed by atoms with Crippen LogP contribution in [0.25, 0.3) is 17.1 Å². The lowest BCUT2D eigenvalue weighted by atomic mass is 10.2. The number of nitrogens with zero attached hydrogens (tertiary/aromatic N) is 2. The highest BCUT2D eigenvalue weighted by Crippen LogP contribution is 2.29. The minimum atomic E-state index is -0.167. The molecular weight excluding hydrogens is 390 g/mol. The third-order valence-electron chi connectivity index (χ3n) is 5.10. The number of nitrogens with one attached hydrogen (secondary N) is 1. The smallest absolute Gasteiger partial charge is 0.220 e. The first-order valence-electron chi connectivity index (χ1n) is 10.8.